The molecule has 1 saturated carbocycles. The molecule has 1 rings (SSSR count). The van der Waals surface area contributed by atoms with Crippen LogP contribution < -0.4 is 5.32 Å². The summed E-state index contributed by atoms with van der Waals surface area (Å²) in [6, 6.07) is 0. The average molecular weight is 229 g/mol. The van der Waals surface area contributed by atoms with Crippen molar-refractivity contribution in [1.82, 2.24) is 5.32 Å². The molecule has 0 atom stereocenters. The van der Waals surface area contributed by atoms with E-state index in [4.69, 9.17) is 0 Å². The topological polar surface area (TPSA) is 12.0 Å². The third-order valence-corrected chi connectivity index (χ3v) is 4.38. The molecule has 1 fully saturated rings. The molecule has 2 heteroatoms. The highest BCUT2D eigenvalue weighted by Gasteiger charge is 2.19. The monoisotopic (exact) mass is 229 g/mol. The lowest BCUT2D eigenvalue weighted by molar-refractivity contribution is 0.263. The van der Waals surface area contributed by atoms with Crippen molar-refractivity contribution in [2.45, 2.75) is 45.4 Å². The second-order valence-electron chi connectivity index (χ2n) is 4.85. The summed E-state index contributed by atoms with van der Waals surface area (Å²) in [5.74, 6) is 3.31. The minimum absolute atomic E-state index is 0.974. The number of hydrogen-bond donors (Lipinski definition) is 1. The van der Waals surface area contributed by atoms with E-state index < -0.39 is 0 Å². The first-order valence-corrected chi connectivity index (χ1v) is 7.95. The fourth-order valence-corrected chi connectivity index (χ4v) is 2.92. The van der Waals surface area contributed by atoms with Crippen LogP contribution in [0.1, 0.15) is 45.4 Å². The third-order valence-electron chi connectivity index (χ3n) is 3.68. The van der Waals surface area contributed by atoms with Crippen LogP contribution in [0, 0.1) is 11.8 Å². The summed E-state index contributed by atoms with van der Waals surface area (Å²) < 4.78 is 0. The van der Waals surface area contributed by atoms with Crippen LogP contribution in [0.5, 0.6) is 0 Å². The first-order chi connectivity index (χ1) is 7.36. The summed E-state index contributed by atoms with van der Waals surface area (Å²) in [7, 11) is 0. The largest absolute Gasteiger partial charge is 0.316 e. The first kappa shape index (κ1) is 13.4. The van der Waals surface area contributed by atoms with E-state index in [1.54, 1.807) is 0 Å². The summed E-state index contributed by atoms with van der Waals surface area (Å²) in [6.07, 6.45) is 10.8. The maximum atomic E-state index is 3.61. The standard InChI is InChI=1S/C13H27NS/c1-3-12-5-7-13(8-6-12)11-14-9-4-10-15-2/h12-14H,3-11H2,1-2H3. The Hall–Kier alpha value is 0.310. The highest BCUT2D eigenvalue weighted by atomic mass is 32.2. The Bertz CT molecular complexity index is 141. The van der Waals surface area contributed by atoms with Crippen molar-refractivity contribution in [3.63, 3.8) is 0 Å². The second kappa shape index (κ2) is 8.46. The molecular weight excluding hydrogens is 202 g/mol. The van der Waals surface area contributed by atoms with Crippen molar-refractivity contribution in [3.8, 4) is 0 Å². The Balaban J connectivity index is 1.94. The Kier molecular flexibility index (Phi) is 7.54. The maximum absolute atomic E-state index is 3.61. The predicted molar refractivity (Wildman–Crippen MR) is 71.6 cm³/mol. The molecule has 1 aliphatic carbocycles. The molecule has 0 aromatic heterocycles. The molecule has 1 aliphatic rings. The lowest BCUT2D eigenvalue weighted by Crippen LogP contribution is -2.27. The van der Waals surface area contributed by atoms with Gasteiger partial charge < -0.3 is 5.32 Å². The number of nitrogens with one attached hydrogen (secondary N) is 1. The normalized spacial score (nSPS) is 26.8. The van der Waals surface area contributed by atoms with Crippen LogP contribution in [0.15, 0.2) is 0 Å². The molecule has 15 heavy (non-hydrogen) atoms. The molecule has 0 amide bonds. The van der Waals surface area contributed by atoms with Gasteiger partial charge in [-0.05, 0) is 56.2 Å². The lowest BCUT2D eigenvalue weighted by Gasteiger charge is -2.27. The van der Waals surface area contributed by atoms with Gasteiger partial charge in [0.1, 0.15) is 0 Å². The van der Waals surface area contributed by atoms with E-state index in [1.807, 2.05) is 11.8 Å². The van der Waals surface area contributed by atoms with Crippen molar-refractivity contribution in [2.24, 2.45) is 11.8 Å². The molecule has 0 unspecified atom stereocenters. The molecule has 0 heterocycles. The van der Waals surface area contributed by atoms with Crippen molar-refractivity contribution in [3.05, 3.63) is 0 Å². The van der Waals surface area contributed by atoms with E-state index in [-0.39, 0.29) is 0 Å². The summed E-state index contributed by atoms with van der Waals surface area (Å²) >= 11 is 1.95. The van der Waals surface area contributed by atoms with Crippen LogP contribution in [0.4, 0.5) is 0 Å². The van der Waals surface area contributed by atoms with Gasteiger partial charge >= 0.3 is 0 Å². The molecule has 1 N–H and O–H groups in total. The number of rotatable bonds is 7. The maximum Gasteiger partial charge on any atom is -0.00205 e. The molecule has 0 aromatic rings. The molecule has 0 radical (unpaired) electrons. The van der Waals surface area contributed by atoms with Gasteiger partial charge in [-0.25, -0.2) is 0 Å². The van der Waals surface area contributed by atoms with Gasteiger partial charge in [-0.1, -0.05) is 26.2 Å². The molecule has 0 aromatic carbocycles. The number of hydrogen-bond acceptors (Lipinski definition) is 2. The van der Waals surface area contributed by atoms with E-state index in [9.17, 15) is 0 Å². The van der Waals surface area contributed by atoms with Crippen LogP contribution in [0.3, 0.4) is 0 Å². The van der Waals surface area contributed by atoms with Crippen molar-refractivity contribution in [2.75, 3.05) is 25.1 Å². The SMILES string of the molecule is CCC1CCC(CNCCCSC)CC1. The van der Waals surface area contributed by atoms with Crippen LogP contribution in [-0.4, -0.2) is 25.1 Å². The summed E-state index contributed by atoms with van der Waals surface area (Å²) in [5, 5.41) is 3.61. The lowest BCUT2D eigenvalue weighted by atomic mass is 9.81. The Morgan fingerprint density at radius 2 is 1.80 bits per heavy atom. The molecule has 0 saturated heterocycles. The summed E-state index contributed by atoms with van der Waals surface area (Å²) in [4.78, 5) is 0. The van der Waals surface area contributed by atoms with E-state index in [0.717, 1.165) is 11.8 Å². The van der Waals surface area contributed by atoms with Crippen LogP contribution in [0.25, 0.3) is 0 Å². The Labute approximate surface area is 99.8 Å². The highest BCUT2D eigenvalue weighted by Crippen LogP contribution is 2.29. The highest BCUT2D eigenvalue weighted by molar-refractivity contribution is 7.98. The fraction of sp³-hybridized carbons (Fsp3) is 1.00. The first-order valence-electron chi connectivity index (χ1n) is 6.56. The number of thioether (sulfide) groups is 1. The van der Waals surface area contributed by atoms with Crippen LogP contribution in [0.2, 0.25) is 0 Å². The summed E-state index contributed by atoms with van der Waals surface area (Å²) in [6.45, 7) is 4.82. The van der Waals surface area contributed by atoms with Crippen molar-refractivity contribution < 1.29 is 0 Å². The molecular formula is C13H27NS. The summed E-state index contributed by atoms with van der Waals surface area (Å²) in [5.41, 5.74) is 0. The zero-order chi connectivity index (χ0) is 10.9. The van der Waals surface area contributed by atoms with E-state index in [2.05, 4.69) is 18.5 Å². The van der Waals surface area contributed by atoms with E-state index in [1.165, 1.54) is 57.4 Å². The second-order valence-corrected chi connectivity index (χ2v) is 5.83. The molecule has 1 nitrogen and oxygen atoms in total. The van der Waals surface area contributed by atoms with Gasteiger partial charge in [0.2, 0.25) is 0 Å². The van der Waals surface area contributed by atoms with Gasteiger partial charge in [0, 0.05) is 0 Å². The third kappa shape index (κ3) is 5.82. The Morgan fingerprint density at radius 1 is 1.13 bits per heavy atom. The predicted octanol–water partition coefficient (Wildman–Crippen LogP) is 3.55. The molecule has 0 bridgehead atoms. The van der Waals surface area contributed by atoms with Gasteiger partial charge in [-0.3, -0.25) is 0 Å². The van der Waals surface area contributed by atoms with Gasteiger partial charge in [0.15, 0.2) is 0 Å². The zero-order valence-electron chi connectivity index (χ0n) is 10.4. The van der Waals surface area contributed by atoms with E-state index in [0.29, 0.717) is 0 Å². The van der Waals surface area contributed by atoms with Gasteiger partial charge in [-0.2, -0.15) is 11.8 Å². The minimum atomic E-state index is 0.974. The fourth-order valence-electron chi connectivity index (χ4n) is 2.49. The van der Waals surface area contributed by atoms with Gasteiger partial charge in [0.05, 0.1) is 0 Å². The zero-order valence-corrected chi connectivity index (χ0v) is 11.2. The van der Waals surface area contributed by atoms with Crippen molar-refractivity contribution in [1.29, 1.82) is 0 Å². The Morgan fingerprint density at radius 3 is 2.40 bits per heavy atom. The van der Waals surface area contributed by atoms with E-state index >= 15 is 0 Å². The van der Waals surface area contributed by atoms with Gasteiger partial charge in [-0.15, -0.1) is 0 Å². The molecule has 0 spiro atoms. The molecule has 90 valence electrons. The molecule has 0 aliphatic heterocycles. The smallest absolute Gasteiger partial charge is 0.00205 e. The average Bonchev–Trinajstić information content (AvgIpc) is 2.30. The van der Waals surface area contributed by atoms with Crippen LogP contribution in [-0.2, 0) is 0 Å². The van der Waals surface area contributed by atoms with Crippen molar-refractivity contribution >= 4 is 11.8 Å². The van der Waals surface area contributed by atoms with Crippen LogP contribution >= 0.6 is 11.8 Å². The van der Waals surface area contributed by atoms with Gasteiger partial charge in [0.25, 0.3) is 0 Å². The quantitative estimate of drug-likeness (QED) is 0.670. The minimum Gasteiger partial charge on any atom is -0.316 e.